The molecule has 1 unspecified atom stereocenters. The fraction of sp³-hybridized carbons (Fsp3) is 0.364. The van der Waals surface area contributed by atoms with Crippen molar-refractivity contribution in [2.24, 2.45) is 0 Å². The molecule has 17 heteroatoms. The molecule has 3 aliphatic rings. The van der Waals surface area contributed by atoms with Crippen molar-refractivity contribution in [3.63, 3.8) is 0 Å². The number of nitrogens with zero attached hydrogens (tertiary/aromatic N) is 6. The van der Waals surface area contributed by atoms with Crippen LogP contribution in [0.1, 0.15) is 71.7 Å². The van der Waals surface area contributed by atoms with Gasteiger partial charge in [-0.25, -0.2) is 14.6 Å². The van der Waals surface area contributed by atoms with Gasteiger partial charge in [-0.15, -0.1) is 0 Å². The zero-order valence-electron chi connectivity index (χ0n) is 33.6. The topological polar surface area (TPSA) is 213 Å². The van der Waals surface area contributed by atoms with Crippen LogP contribution in [-0.4, -0.2) is 111 Å². The van der Waals surface area contributed by atoms with Gasteiger partial charge in [0.05, 0.1) is 41.3 Å². The summed E-state index contributed by atoms with van der Waals surface area (Å²) in [7, 11) is 0. The molecule has 0 radical (unpaired) electrons. The summed E-state index contributed by atoms with van der Waals surface area (Å²) in [5, 5.41) is 10.7. The summed E-state index contributed by atoms with van der Waals surface area (Å²) in [5.41, 5.74) is 9.09. The Kier molecular flexibility index (Phi) is 12.7. The van der Waals surface area contributed by atoms with E-state index in [0.29, 0.717) is 32.1 Å². The highest BCUT2D eigenvalue weighted by Gasteiger charge is 2.45. The molecule has 8 rings (SSSR count). The number of anilines is 2. The summed E-state index contributed by atoms with van der Waals surface area (Å²) in [5.74, 6) is -0.953. The van der Waals surface area contributed by atoms with E-state index in [1.807, 2.05) is 59.3 Å². The summed E-state index contributed by atoms with van der Waals surface area (Å²) < 4.78 is 19.5. The van der Waals surface area contributed by atoms with Gasteiger partial charge in [-0.05, 0) is 80.6 Å². The van der Waals surface area contributed by atoms with Gasteiger partial charge in [-0.3, -0.25) is 34.2 Å². The van der Waals surface area contributed by atoms with Crippen LogP contribution in [0.5, 0.6) is 11.5 Å². The number of fused-ring (bicyclic) bond motifs is 2. The van der Waals surface area contributed by atoms with E-state index in [9.17, 15) is 24.0 Å². The number of rotatable bonds is 17. The summed E-state index contributed by atoms with van der Waals surface area (Å²) in [6, 6.07) is 21.1. The second-order valence-electron chi connectivity index (χ2n) is 15.2. The lowest BCUT2D eigenvalue weighted by Gasteiger charge is -2.32. The summed E-state index contributed by atoms with van der Waals surface area (Å²) in [6.07, 6.45) is 5.02. The number of nitrogens with two attached hydrogens (primary N) is 1. The largest absolute Gasteiger partial charge is 0.457 e. The first-order valence-corrected chi connectivity index (χ1v) is 20.6. The minimum absolute atomic E-state index is 0.0207. The number of likely N-dealkylation sites (tertiary alicyclic amines) is 1. The van der Waals surface area contributed by atoms with Crippen LogP contribution in [0.3, 0.4) is 0 Å². The molecule has 3 aromatic carbocycles. The van der Waals surface area contributed by atoms with E-state index in [2.05, 4.69) is 25.5 Å². The molecule has 5 heterocycles. The van der Waals surface area contributed by atoms with E-state index in [-0.39, 0.29) is 54.6 Å². The Labute approximate surface area is 351 Å². The molecular weight excluding hydrogens is 783 g/mol. The molecule has 2 aromatic heterocycles. The molecule has 5 amide bonds. The van der Waals surface area contributed by atoms with E-state index in [1.165, 1.54) is 18.5 Å². The minimum atomic E-state index is -1.09. The highest BCUT2D eigenvalue weighted by molar-refractivity contribution is 6.26. The van der Waals surface area contributed by atoms with Crippen LogP contribution in [0.2, 0.25) is 0 Å². The molecule has 1 atom stereocenters. The van der Waals surface area contributed by atoms with Crippen molar-refractivity contribution in [2.75, 3.05) is 57.1 Å². The molecule has 5 aromatic rings. The van der Waals surface area contributed by atoms with Crippen molar-refractivity contribution in [3.05, 3.63) is 90.3 Å². The molecule has 17 nitrogen and oxygen atoms in total. The van der Waals surface area contributed by atoms with Gasteiger partial charge in [0.2, 0.25) is 17.7 Å². The summed E-state index contributed by atoms with van der Waals surface area (Å²) >= 11 is 0. The quantitative estimate of drug-likeness (QED) is 0.0854. The highest BCUT2D eigenvalue weighted by atomic mass is 16.5. The maximum atomic E-state index is 13.3. The van der Waals surface area contributed by atoms with Crippen LogP contribution < -0.4 is 21.1 Å². The van der Waals surface area contributed by atoms with Crippen LogP contribution in [0.15, 0.2) is 79.1 Å². The number of benzene rings is 3. The van der Waals surface area contributed by atoms with Gasteiger partial charge in [0.15, 0.2) is 5.65 Å². The predicted octanol–water partition coefficient (Wildman–Crippen LogP) is 4.75. The van der Waals surface area contributed by atoms with Crippen LogP contribution in [0.4, 0.5) is 11.5 Å². The molecule has 4 N–H and O–H groups in total. The maximum absolute atomic E-state index is 13.3. The van der Waals surface area contributed by atoms with Crippen LogP contribution in [-0.2, 0) is 23.9 Å². The van der Waals surface area contributed by atoms with Gasteiger partial charge in [0, 0.05) is 51.4 Å². The third-order valence-electron chi connectivity index (χ3n) is 11.1. The highest BCUT2D eigenvalue weighted by Crippen LogP contribution is 2.36. The van der Waals surface area contributed by atoms with E-state index in [4.69, 9.17) is 25.0 Å². The average molecular weight is 830 g/mol. The molecule has 2 fully saturated rings. The SMILES string of the molecule is Nc1ncnc2c1c(-c1ccc(Oc3ccccc3)cc1)nn2C1CCN(CCCOCCCOCCC(=O)Nc2cccc3c2C(=O)N(C2CCC(=O)NC2=O)C3=O)CC1. The molecule has 3 aliphatic heterocycles. The number of hydrogen-bond donors (Lipinski definition) is 3. The van der Waals surface area contributed by atoms with Crippen LogP contribution >= 0.6 is 0 Å². The van der Waals surface area contributed by atoms with Crippen molar-refractivity contribution in [1.82, 2.24) is 34.9 Å². The number of nitrogen functional groups attached to an aromatic ring is 1. The Morgan fingerprint density at radius 2 is 1.56 bits per heavy atom. The Morgan fingerprint density at radius 3 is 2.33 bits per heavy atom. The van der Waals surface area contributed by atoms with Crippen molar-refractivity contribution in [2.45, 2.75) is 57.0 Å². The lowest BCUT2D eigenvalue weighted by atomic mass is 10.0. The number of piperidine rings is 2. The van der Waals surface area contributed by atoms with Crippen molar-refractivity contribution >= 4 is 52.1 Å². The monoisotopic (exact) mass is 829 g/mol. The molecule has 0 saturated carbocycles. The maximum Gasteiger partial charge on any atom is 0.264 e. The smallest absolute Gasteiger partial charge is 0.264 e. The summed E-state index contributed by atoms with van der Waals surface area (Å²) in [4.78, 5) is 75.2. The second-order valence-corrected chi connectivity index (χ2v) is 15.2. The first kappa shape index (κ1) is 41.2. The second kappa shape index (κ2) is 18.8. The number of nitrogens with one attached hydrogen (secondary N) is 2. The Hall–Kier alpha value is -6.56. The van der Waals surface area contributed by atoms with Gasteiger partial charge < -0.3 is 30.2 Å². The lowest BCUT2D eigenvalue weighted by molar-refractivity contribution is -0.136. The number of ether oxygens (including phenoxy) is 3. The number of para-hydroxylation sites is 1. The zero-order valence-corrected chi connectivity index (χ0v) is 33.6. The number of aromatic nitrogens is 4. The molecule has 316 valence electrons. The zero-order chi connectivity index (χ0) is 42.3. The number of imide groups is 2. The predicted molar refractivity (Wildman–Crippen MR) is 224 cm³/mol. The number of amides is 5. The normalized spacial score (nSPS) is 17.2. The van der Waals surface area contributed by atoms with Gasteiger partial charge in [0.25, 0.3) is 11.8 Å². The third kappa shape index (κ3) is 9.28. The van der Waals surface area contributed by atoms with Crippen molar-refractivity contribution in [1.29, 1.82) is 0 Å². The van der Waals surface area contributed by atoms with Crippen molar-refractivity contribution in [3.8, 4) is 22.8 Å². The fourth-order valence-electron chi connectivity index (χ4n) is 8.00. The van der Waals surface area contributed by atoms with Crippen molar-refractivity contribution < 1.29 is 38.2 Å². The molecule has 0 spiro atoms. The Bertz CT molecular complexity index is 2420. The van der Waals surface area contributed by atoms with E-state index in [0.717, 1.165) is 77.6 Å². The number of carbonyl (C=O) groups excluding carboxylic acids is 5. The molecule has 61 heavy (non-hydrogen) atoms. The standard InChI is InChI=1S/C44H47N9O8/c45-40-38-39(28-11-13-31(14-12-28)61-30-7-2-1-3-8-30)50-53(41(38)47-27-46-40)29-17-21-51(22-18-29)20-5-23-59-24-6-25-60-26-19-36(55)48-33-10-4-9-32-37(33)44(58)52(43(32)57)34-15-16-35(54)49-42(34)56/h1-4,7-14,27,29,34H,5-6,15-26H2,(H,48,55)(H2,45,46,47)(H,49,54,56). The first-order valence-electron chi connectivity index (χ1n) is 20.6. The van der Waals surface area contributed by atoms with Gasteiger partial charge >= 0.3 is 0 Å². The number of hydrogen-bond acceptors (Lipinski definition) is 13. The van der Waals surface area contributed by atoms with E-state index < -0.39 is 29.7 Å². The lowest BCUT2D eigenvalue weighted by Crippen LogP contribution is -2.54. The molecular formula is C44H47N9O8. The molecule has 0 bridgehead atoms. The van der Waals surface area contributed by atoms with Gasteiger partial charge in [-0.2, -0.15) is 5.10 Å². The average Bonchev–Trinajstić information content (AvgIpc) is 3.78. The summed E-state index contributed by atoms with van der Waals surface area (Å²) in [6.45, 7) is 4.53. The first-order chi connectivity index (χ1) is 29.7. The molecule has 2 saturated heterocycles. The minimum Gasteiger partial charge on any atom is -0.457 e. The number of carbonyl (C=O) groups is 5. The van der Waals surface area contributed by atoms with E-state index in [1.54, 1.807) is 6.07 Å². The van der Waals surface area contributed by atoms with Crippen LogP contribution in [0.25, 0.3) is 22.3 Å². The fourth-order valence-corrected chi connectivity index (χ4v) is 8.00. The molecule has 0 aliphatic carbocycles. The van der Waals surface area contributed by atoms with Gasteiger partial charge in [0.1, 0.15) is 35.4 Å². The van der Waals surface area contributed by atoms with Crippen LogP contribution in [0, 0.1) is 0 Å². The van der Waals surface area contributed by atoms with E-state index >= 15 is 0 Å². The Balaban J connectivity index is 0.717. The third-order valence-corrected chi connectivity index (χ3v) is 11.1. The Morgan fingerprint density at radius 1 is 0.820 bits per heavy atom. The van der Waals surface area contributed by atoms with Gasteiger partial charge in [-0.1, -0.05) is 24.3 Å².